The second-order valence-corrected chi connectivity index (χ2v) is 5.54. The zero-order valence-electron chi connectivity index (χ0n) is 11.3. The zero-order valence-corrected chi connectivity index (χ0v) is 12.1. The summed E-state index contributed by atoms with van der Waals surface area (Å²) >= 11 is 1.28. The van der Waals surface area contributed by atoms with Gasteiger partial charge in [0.1, 0.15) is 0 Å². The molecule has 0 spiro atoms. The molecule has 0 radical (unpaired) electrons. The number of nitro benzene ring substituents is 1. The number of nitro groups is 1. The van der Waals surface area contributed by atoms with E-state index in [0.717, 1.165) is 11.1 Å². The zero-order chi connectivity index (χ0) is 15.4. The molecule has 2 rings (SSSR count). The third kappa shape index (κ3) is 3.82. The van der Waals surface area contributed by atoms with Gasteiger partial charge in [-0.3, -0.25) is 10.1 Å². The Morgan fingerprint density at radius 2 is 2.05 bits per heavy atom. The van der Waals surface area contributed by atoms with Crippen LogP contribution < -0.4 is 0 Å². The maximum absolute atomic E-state index is 11.2. The molecule has 0 saturated carbocycles. The number of hydrogen-bond donors (Lipinski definition) is 1. The van der Waals surface area contributed by atoms with E-state index in [1.165, 1.54) is 30.0 Å². The molecule has 21 heavy (non-hydrogen) atoms. The van der Waals surface area contributed by atoms with Crippen LogP contribution >= 0.6 is 11.8 Å². The van der Waals surface area contributed by atoms with Crippen LogP contribution in [0.15, 0.2) is 47.4 Å². The van der Waals surface area contributed by atoms with E-state index < -0.39 is 10.9 Å². The van der Waals surface area contributed by atoms with Crippen molar-refractivity contribution in [2.75, 3.05) is 0 Å². The summed E-state index contributed by atoms with van der Waals surface area (Å²) in [5.74, 6) is -0.528. The number of benzene rings is 2. The van der Waals surface area contributed by atoms with Crippen molar-refractivity contribution in [1.29, 1.82) is 0 Å². The number of hydrogen-bond acceptors (Lipinski definition) is 4. The number of thioether (sulfide) groups is 1. The van der Waals surface area contributed by atoms with Crippen molar-refractivity contribution in [2.45, 2.75) is 17.6 Å². The minimum absolute atomic E-state index is 0.0817. The Morgan fingerprint density at radius 3 is 2.67 bits per heavy atom. The summed E-state index contributed by atoms with van der Waals surface area (Å²) < 4.78 is 0. The molecule has 5 nitrogen and oxygen atoms in total. The summed E-state index contributed by atoms with van der Waals surface area (Å²) in [7, 11) is 0. The van der Waals surface area contributed by atoms with E-state index in [2.05, 4.69) is 0 Å². The summed E-state index contributed by atoms with van der Waals surface area (Å²) in [6, 6.07) is 11.6. The maximum atomic E-state index is 11.2. The van der Waals surface area contributed by atoms with Crippen molar-refractivity contribution in [2.24, 2.45) is 0 Å². The SMILES string of the molecule is Cc1cccc(CSc2cc([N+](=O)[O-])ccc2C(=O)O)c1. The van der Waals surface area contributed by atoms with Crippen molar-refractivity contribution in [1.82, 2.24) is 0 Å². The standard InChI is InChI=1S/C15H13NO4S/c1-10-3-2-4-11(7-10)9-21-14-8-12(16(19)20)5-6-13(14)15(17)18/h2-8H,9H2,1H3,(H,17,18). The van der Waals surface area contributed by atoms with E-state index in [9.17, 15) is 14.9 Å². The van der Waals surface area contributed by atoms with Gasteiger partial charge < -0.3 is 5.11 Å². The molecule has 0 bridgehead atoms. The fourth-order valence-corrected chi connectivity index (χ4v) is 2.90. The van der Waals surface area contributed by atoms with E-state index in [1.54, 1.807) is 0 Å². The number of nitrogens with zero attached hydrogens (tertiary/aromatic N) is 1. The highest BCUT2D eigenvalue weighted by Crippen LogP contribution is 2.30. The van der Waals surface area contributed by atoms with E-state index >= 15 is 0 Å². The summed E-state index contributed by atoms with van der Waals surface area (Å²) in [6.07, 6.45) is 0. The highest BCUT2D eigenvalue weighted by Gasteiger charge is 2.15. The molecule has 108 valence electrons. The molecule has 0 atom stereocenters. The fourth-order valence-electron chi connectivity index (χ4n) is 1.88. The summed E-state index contributed by atoms with van der Waals surface area (Å²) in [5.41, 5.74) is 2.14. The average Bonchev–Trinajstić information content (AvgIpc) is 2.44. The number of carboxylic acids is 1. The average molecular weight is 303 g/mol. The second-order valence-electron chi connectivity index (χ2n) is 4.52. The lowest BCUT2D eigenvalue weighted by Gasteiger charge is -2.06. The monoisotopic (exact) mass is 303 g/mol. The van der Waals surface area contributed by atoms with Crippen molar-refractivity contribution in [3.05, 3.63) is 69.3 Å². The van der Waals surface area contributed by atoms with Gasteiger partial charge in [-0.05, 0) is 18.6 Å². The minimum atomic E-state index is -1.09. The molecule has 0 saturated heterocycles. The molecule has 0 aliphatic rings. The van der Waals surface area contributed by atoms with Crippen LogP contribution in [0.25, 0.3) is 0 Å². The quantitative estimate of drug-likeness (QED) is 0.515. The van der Waals surface area contributed by atoms with Gasteiger partial charge in [0.25, 0.3) is 5.69 Å². The van der Waals surface area contributed by atoms with Gasteiger partial charge in [-0.1, -0.05) is 29.8 Å². The molecule has 6 heteroatoms. The first kappa shape index (κ1) is 15.1. The lowest BCUT2D eigenvalue weighted by Crippen LogP contribution is -2.00. The Labute approximate surface area is 125 Å². The molecule has 0 amide bonds. The van der Waals surface area contributed by atoms with Crippen molar-refractivity contribution in [3.63, 3.8) is 0 Å². The number of rotatable bonds is 5. The Bertz CT molecular complexity index is 700. The van der Waals surface area contributed by atoms with Gasteiger partial charge in [0.05, 0.1) is 10.5 Å². The molecule has 0 aromatic heterocycles. The van der Waals surface area contributed by atoms with Crippen molar-refractivity contribution >= 4 is 23.4 Å². The Morgan fingerprint density at radius 1 is 1.29 bits per heavy atom. The largest absolute Gasteiger partial charge is 0.478 e. The topological polar surface area (TPSA) is 80.4 Å². The van der Waals surface area contributed by atoms with E-state index in [1.807, 2.05) is 31.2 Å². The lowest BCUT2D eigenvalue weighted by atomic mass is 10.2. The maximum Gasteiger partial charge on any atom is 0.336 e. The van der Waals surface area contributed by atoms with Crippen molar-refractivity contribution in [3.8, 4) is 0 Å². The smallest absolute Gasteiger partial charge is 0.336 e. The van der Waals surface area contributed by atoms with E-state index in [4.69, 9.17) is 5.11 Å². The predicted octanol–water partition coefficient (Wildman–Crippen LogP) is 3.89. The number of aryl methyl sites for hydroxylation is 1. The molecular formula is C15H13NO4S. The van der Waals surface area contributed by atoms with Gasteiger partial charge in [0.15, 0.2) is 0 Å². The first-order chi connectivity index (χ1) is 9.97. The highest BCUT2D eigenvalue weighted by atomic mass is 32.2. The molecule has 2 aromatic rings. The molecular weight excluding hydrogens is 290 g/mol. The summed E-state index contributed by atoms with van der Waals surface area (Å²) in [4.78, 5) is 21.9. The number of aromatic carboxylic acids is 1. The van der Waals surface area contributed by atoms with E-state index in [-0.39, 0.29) is 11.3 Å². The third-order valence-corrected chi connectivity index (χ3v) is 4.01. The van der Waals surface area contributed by atoms with Crippen molar-refractivity contribution < 1.29 is 14.8 Å². The number of non-ortho nitro benzene ring substituents is 1. The van der Waals surface area contributed by atoms with Gasteiger partial charge >= 0.3 is 5.97 Å². The summed E-state index contributed by atoms with van der Waals surface area (Å²) in [6.45, 7) is 1.98. The first-order valence-electron chi connectivity index (χ1n) is 6.17. The van der Waals surface area contributed by atoms with Gasteiger partial charge in [0, 0.05) is 22.8 Å². The molecule has 1 N–H and O–H groups in total. The molecule has 2 aromatic carbocycles. The van der Waals surface area contributed by atoms with Crippen LogP contribution in [0.5, 0.6) is 0 Å². The fraction of sp³-hybridized carbons (Fsp3) is 0.133. The molecule has 0 fully saturated rings. The Kier molecular flexibility index (Phi) is 4.59. The van der Waals surface area contributed by atoms with Gasteiger partial charge in [0.2, 0.25) is 0 Å². The molecule has 0 aliphatic carbocycles. The van der Waals surface area contributed by atoms with Crippen LogP contribution in [-0.4, -0.2) is 16.0 Å². The summed E-state index contributed by atoms with van der Waals surface area (Å²) in [5, 5.41) is 20.0. The normalized spacial score (nSPS) is 10.3. The minimum Gasteiger partial charge on any atom is -0.478 e. The second kappa shape index (κ2) is 6.41. The van der Waals surface area contributed by atoms with E-state index in [0.29, 0.717) is 10.6 Å². The van der Waals surface area contributed by atoms with Gasteiger partial charge in [-0.25, -0.2) is 4.79 Å². The third-order valence-electron chi connectivity index (χ3n) is 2.88. The highest BCUT2D eigenvalue weighted by molar-refractivity contribution is 7.98. The Balaban J connectivity index is 2.26. The lowest BCUT2D eigenvalue weighted by molar-refractivity contribution is -0.385. The first-order valence-corrected chi connectivity index (χ1v) is 7.16. The van der Waals surface area contributed by atoms with Crippen LogP contribution in [0.1, 0.15) is 21.5 Å². The van der Waals surface area contributed by atoms with Crippen LogP contribution in [0.3, 0.4) is 0 Å². The van der Waals surface area contributed by atoms with Crippen LogP contribution in [-0.2, 0) is 5.75 Å². The predicted molar refractivity (Wildman–Crippen MR) is 80.8 cm³/mol. The molecule has 0 aliphatic heterocycles. The van der Waals surface area contributed by atoms with Gasteiger partial charge in [-0.2, -0.15) is 0 Å². The Hall–Kier alpha value is -2.34. The van der Waals surface area contributed by atoms with Gasteiger partial charge in [-0.15, -0.1) is 11.8 Å². The number of carbonyl (C=O) groups is 1. The number of carboxylic acid groups (broad SMARTS) is 1. The van der Waals surface area contributed by atoms with Crippen LogP contribution in [0.4, 0.5) is 5.69 Å². The van der Waals surface area contributed by atoms with Crippen LogP contribution in [0.2, 0.25) is 0 Å². The molecule has 0 unspecified atom stereocenters. The van der Waals surface area contributed by atoms with Crippen LogP contribution in [0, 0.1) is 17.0 Å². The molecule has 0 heterocycles.